The van der Waals surface area contributed by atoms with E-state index in [-0.39, 0.29) is 0 Å². The topological polar surface area (TPSA) is 15.3 Å². The van der Waals surface area contributed by atoms with Gasteiger partial charge in [-0.1, -0.05) is 36.8 Å². The summed E-state index contributed by atoms with van der Waals surface area (Å²) in [4.78, 5) is 2.73. The van der Waals surface area contributed by atoms with E-state index in [2.05, 4.69) is 48.3 Å². The average Bonchev–Trinajstić information content (AvgIpc) is 3.26. The maximum Gasteiger partial charge on any atom is 0.0253 e. The molecule has 0 spiro atoms. The zero-order valence-corrected chi connectivity index (χ0v) is 12.2. The first-order valence-corrected chi connectivity index (χ1v) is 7.79. The molecule has 1 saturated heterocycles. The third kappa shape index (κ3) is 3.18. The molecule has 1 aromatic carbocycles. The zero-order chi connectivity index (χ0) is 13.2. The summed E-state index contributed by atoms with van der Waals surface area (Å²) >= 11 is 0. The lowest BCUT2D eigenvalue weighted by atomic mass is 10.0. The smallest absolute Gasteiger partial charge is 0.0253 e. The largest absolute Gasteiger partial charge is 0.311 e. The molecule has 1 N–H and O–H groups in total. The third-order valence-corrected chi connectivity index (χ3v) is 4.70. The Kier molecular flexibility index (Phi) is 3.90. The Hall–Kier alpha value is -0.860. The number of piperazine rings is 1. The lowest BCUT2D eigenvalue weighted by Crippen LogP contribution is -2.56. The van der Waals surface area contributed by atoms with Crippen LogP contribution in [0.15, 0.2) is 24.3 Å². The second-order valence-electron chi connectivity index (χ2n) is 6.33. The Morgan fingerprint density at radius 1 is 1.21 bits per heavy atom. The SMILES string of the molecule is CCC1CN(Cc2ccc(C)cc2)C(C2CC2)CN1. The third-order valence-electron chi connectivity index (χ3n) is 4.70. The molecular weight excluding hydrogens is 232 g/mol. The maximum absolute atomic E-state index is 3.72. The highest BCUT2D eigenvalue weighted by Gasteiger charge is 2.38. The van der Waals surface area contributed by atoms with Crippen LogP contribution in [0.5, 0.6) is 0 Å². The Morgan fingerprint density at radius 2 is 1.95 bits per heavy atom. The fourth-order valence-corrected chi connectivity index (χ4v) is 3.23. The van der Waals surface area contributed by atoms with E-state index in [1.807, 2.05) is 0 Å². The number of hydrogen-bond acceptors (Lipinski definition) is 2. The Balaban J connectivity index is 1.69. The van der Waals surface area contributed by atoms with Crippen molar-refractivity contribution in [3.63, 3.8) is 0 Å². The van der Waals surface area contributed by atoms with Gasteiger partial charge < -0.3 is 5.32 Å². The van der Waals surface area contributed by atoms with Crippen LogP contribution in [0.25, 0.3) is 0 Å². The van der Waals surface area contributed by atoms with Crippen molar-refractivity contribution in [2.45, 2.75) is 51.7 Å². The molecule has 1 aromatic rings. The van der Waals surface area contributed by atoms with E-state index >= 15 is 0 Å². The van der Waals surface area contributed by atoms with Gasteiger partial charge in [0.05, 0.1) is 0 Å². The minimum absolute atomic E-state index is 0.681. The first kappa shape index (κ1) is 13.1. The number of rotatable bonds is 4. The van der Waals surface area contributed by atoms with Crippen molar-refractivity contribution in [2.75, 3.05) is 13.1 Å². The molecule has 2 atom stereocenters. The fourth-order valence-electron chi connectivity index (χ4n) is 3.23. The van der Waals surface area contributed by atoms with E-state index in [4.69, 9.17) is 0 Å². The van der Waals surface area contributed by atoms with Crippen LogP contribution in [0.2, 0.25) is 0 Å². The van der Waals surface area contributed by atoms with E-state index in [1.54, 1.807) is 0 Å². The Bertz CT molecular complexity index is 408. The van der Waals surface area contributed by atoms with Gasteiger partial charge in [-0.05, 0) is 37.7 Å². The van der Waals surface area contributed by atoms with Crippen LogP contribution in [0.4, 0.5) is 0 Å². The van der Waals surface area contributed by atoms with Crippen molar-refractivity contribution < 1.29 is 0 Å². The molecule has 0 aromatic heterocycles. The quantitative estimate of drug-likeness (QED) is 0.893. The van der Waals surface area contributed by atoms with Gasteiger partial charge in [-0.15, -0.1) is 0 Å². The van der Waals surface area contributed by atoms with Gasteiger partial charge in [-0.3, -0.25) is 4.90 Å². The molecule has 0 bridgehead atoms. The summed E-state index contributed by atoms with van der Waals surface area (Å²) in [6.07, 6.45) is 4.11. The Labute approximate surface area is 117 Å². The van der Waals surface area contributed by atoms with Gasteiger partial charge in [0.2, 0.25) is 0 Å². The van der Waals surface area contributed by atoms with E-state index < -0.39 is 0 Å². The normalized spacial score (nSPS) is 28.5. The fraction of sp³-hybridized carbons (Fsp3) is 0.647. The number of aryl methyl sites for hydroxylation is 1. The van der Waals surface area contributed by atoms with Crippen molar-refractivity contribution in [1.82, 2.24) is 10.2 Å². The lowest BCUT2D eigenvalue weighted by Gasteiger charge is -2.40. The van der Waals surface area contributed by atoms with Crippen LogP contribution in [0, 0.1) is 12.8 Å². The minimum atomic E-state index is 0.681. The molecule has 2 nitrogen and oxygen atoms in total. The van der Waals surface area contributed by atoms with Crippen LogP contribution >= 0.6 is 0 Å². The lowest BCUT2D eigenvalue weighted by molar-refractivity contribution is 0.106. The highest BCUT2D eigenvalue weighted by molar-refractivity contribution is 5.21. The molecule has 104 valence electrons. The van der Waals surface area contributed by atoms with Crippen molar-refractivity contribution in [3.05, 3.63) is 35.4 Å². The average molecular weight is 258 g/mol. The molecule has 1 heterocycles. The van der Waals surface area contributed by atoms with Gasteiger partial charge in [-0.2, -0.15) is 0 Å². The number of benzene rings is 1. The molecule has 3 rings (SSSR count). The summed E-state index contributed by atoms with van der Waals surface area (Å²) in [5.74, 6) is 0.954. The zero-order valence-electron chi connectivity index (χ0n) is 12.2. The highest BCUT2D eigenvalue weighted by Crippen LogP contribution is 2.36. The van der Waals surface area contributed by atoms with E-state index in [1.165, 1.54) is 43.5 Å². The monoisotopic (exact) mass is 258 g/mol. The summed E-state index contributed by atoms with van der Waals surface area (Å²) in [6, 6.07) is 10.5. The molecule has 19 heavy (non-hydrogen) atoms. The summed E-state index contributed by atoms with van der Waals surface area (Å²) in [6.45, 7) is 7.98. The molecule has 1 saturated carbocycles. The summed E-state index contributed by atoms with van der Waals surface area (Å²) in [5, 5.41) is 3.72. The van der Waals surface area contributed by atoms with Crippen LogP contribution in [0.1, 0.15) is 37.3 Å². The van der Waals surface area contributed by atoms with Crippen molar-refractivity contribution in [1.29, 1.82) is 0 Å². The predicted octanol–water partition coefficient (Wildman–Crippen LogP) is 2.96. The van der Waals surface area contributed by atoms with Crippen molar-refractivity contribution in [3.8, 4) is 0 Å². The van der Waals surface area contributed by atoms with E-state index in [0.29, 0.717) is 6.04 Å². The maximum atomic E-state index is 3.72. The predicted molar refractivity (Wildman–Crippen MR) is 80.2 cm³/mol. The first-order valence-electron chi connectivity index (χ1n) is 7.79. The van der Waals surface area contributed by atoms with Gasteiger partial charge in [0.25, 0.3) is 0 Å². The van der Waals surface area contributed by atoms with Crippen LogP contribution in [-0.4, -0.2) is 30.1 Å². The van der Waals surface area contributed by atoms with Gasteiger partial charge in [0, 0.05) is 31.7 Å². The van der Waals surface area contributed by atoms with Gasteiger partial charge in [0.15, 0.2) is 0 Å². The van der Waals surface area contributed by atoms with Gasteiger partial charge >= 0.3 is 0 Å². The van der Waals surface area contributed by atoms with E-state index in [0.717, 1.165) is 18.5 Å². The second kappa shape index (κ2) is 5.64. The molecule has 2 unspecified atom stereocenters. The molecule has 0 amide bonds. The standard InChI is InChI=1S/C17H26N2/c1-3-16-12-19(17(10-18-16)15-8-9-15)11-14-6-4-13(2)5-7-14/h4-7,15-18H,3,8-12H2,1-2H3. The van der Waals surface area contributed by atoms with Crippen LogP contribution in [-0.2, 0) is 6.54 Å². The summed E-state index contributed by atoms with van der Waals surface area (Å²) in [5.41, 5.74) is 2.82. The molecule has 2 fully saturated rings. The highest BCUT2D eigenvalue weighted by atomic mass is 15.2. The second-order valence-corrected chi connectivity index (χ2v) is 6.33. The molecular formula is C17H26N2. The molecule has 0 radical (unpaired) electrons. The molecule has 2 aliphatic rings. The van der Waals surface area contributed by atoms with Crippen LogP contribution in [0.3, 0.4) is 0 Å². The van der Waals surface area contributed by atoms with Crippen molar-refractivity contribution >= 4 is 0 Å². The first-order chi connectivity index (χ1) is 9.26. The molecule has 1 aliphatic carbocycles. The number of nitrogens with zero attached hydrogens (tertiary/aromatic N) is 1. The molecule has 1 aliphatic heterocycles. The number of hydrogen-bond donors (Lipinski definition) is 1. The number of nitrogens with one attached hydrogen (secondary N) is 1. The van der Waals surface area contributed by atoms with Crippen molar-refractivity contribution in [2.24, 2.45) is 5.92 Å². The van der Waals surface area contributed by atoms with Gasteiger partial charge in [-0.25, -0.2) is 0 Å². The van der Waals surface area contributed by atoms with Gasteiger partial charge in [0.1, 0.15) is 0 Å². The summed E-state index contributed by atoms with van der Waals surface area (Å²) in [7, 11) is 0. The van der Waals surface area contributed by atoms with E-state index in [9.17, 15) is 0 Å². The Morgan fingerprint density at radius 3 is 2.58 bits per heavy atom. The minimum Gasteiger partial charge on any atom is -0.311 e. The molecule has 2 heteroatoms. The summed E-state index contributed by atoms with van der Waals surface area (Å²) < 4.78 is 0. The van der Waals surface area contributed by atoms with Crippen LogP contribution < -0.4 is 5.32 Å².